The topological polar surface area (TPSA) is 106 Å². The summed E-state index contributed by atoms with van der Waals surface area (Å²) in [6.07, 6.45) is 5.25. The van der Waals surface area contributed by atoms with Gasteiger partial charge in [0.1, 0.15) is 17.1 Å². The quantitative estimate of drug-likeness (QED) is 0.331. The van der Waals surface area contributed by atoms with E-state index >= 15 is 0 Å². The van der Waals surface area contributed by atoms with Crippen molar-refractivity contribution in [2.24, 2.45) is 0 Å². The van der Waals surface area contributed by atoms with Gasteiger partial charge in [0.05, 0.1) is 5.56 Å². The number of benzene rings is 2. The predicted molar refractivity (Wildman–Crippen MR) is 138 cm³/mol. The molecule has 1 unspecified atom stereocenters. The Morgan fingerprint density at radius 1 is 0.912 bits per heavy atom. The van der Waals surface area contributed by atoms with Crippen molar-refractivity contribution in [2.45, 2.75) is 45.1 Å². The van der Waals surface area contributed by atoms with E-state index < -0.39 is 6.04 Å². The summed E-state index contributed by atoms with van der Waals surface area (Å²) in [6, 6.07) is 17.8. The van der Waals surface area contributed by atoms with Crippen molar-refractivity contribution >= 4 is 45.3 Å². The maximum atomic E-state index is 12.9. The number of nitriles is 1. The number of rotatable bonds is 6. The Morgan fingerprint density at radius 2 is 1.62 bits per heavy atom. The third-order valence-electron chi connectivity index (χ3n) is 5.70. The van der Waals surface area contributed by atoms with Crippen molar-refractivity contribution in [1.82, 2.24) is 0 Å². The molecular formula is C26H27N5O2S. The van der Waals surface area contributed by atoms with Gasteiger partial charge in [0.2, 0.25) is 5.91 Å². The molecule has 1 aliphatic rings. The monoisotopic (exact) mass is 473 g/mol. The Labute approximate surface area is 203 Å². The highest BCUT2D eigenvalue weighted by molar-refractivity contribution is 7.16. The van der Waals surface area contributed by atoms with Gasteiger partial charge in [-0.15, -0.1) is 11.3 Å². The van der Waals surface area contributed by atoms with E-state index in [9.17, 15) is 14.9 Å². The zero-order chi connectivity index (χ0) is 23.9. The van der Waals surface area contributed by atoms with Gasteiger partial charge in [-0.25, -0.2) is 4.79 Å². The first-order valence-electron chi connectivity index (χ1n) is 11.4. The van der Waals surface area contributed by atoms with Crippen LogP contribution < -0.4 is 21.3 Å². The molecule has 1 heterocycles. The van der Waals surface area contributed by atoms with Crippen LogP contribution in [0.1, 0.15) is 42.2 Å². The van der Waals surface area contributed by atoms with E-state index in [1.54, 1.807) is 37.3 Å². The van der Waals surface area contributed by atoms with Crippen LogP contribution in [0.2, 0.25) is 0 Å². The summed E-state index contributed by atoms with van der Waals surface area (Å²) in [5, 5.41) is 22.0. The minimum atomic E-state index is -0.540. The maximum Gasteiger partial charge on any atom is 0.323 e. The Bertz CT molecular complexity index is 1220. The Balaban J connectivity index is 1.37. The van der Waals surface area contributed by atoms with Crippen LogP contribution in [-0.4, -0.2) is 18.0 Å². The zero-order valence-corrected chi connectivity index (χ0v) is 19.8. The van der Waals surface area contributed by atoms with Crippen LogP contribution >= 0.6 is 11.3 Å². The molecule has 0 bridgehead atoms. The van der Waals surface area contributed by atoms with E-state index in [1.165, 1.54) is 22.6 Å². The highest BCUT2D eigenvalue weighted by atomic mass is 32.1. The number of thiophene rings is 1. The highest BCUT2D eigenvalue weighted by Gasteiger charge is 2.22. The van der Waals surface area contributed by atoms with Gasteiger partial charge in [-0.05, 0) is 68.5 Å². The van der Waals surface area contributed by atoms with Crippen LogP contribution in [0.25, 0.3) is 0 Å². The molecule has 0 radical (unpaired) electrons. The standard InChI is InChI=1S/C26H27N5O2S/c1-17(24(32)31-25-22(16-27)21-13-6-3-7-14-23(21)34-25)28-19-11-8-12-20(15-19)30-26(33)29-18-9-4-2-5-10-18/h2,4-5,8-12,15,17,28H,3,6-7,13-14H2,1H3,(H,31,32)(H2,29,30,33). The first-order valence-corrected chi connectivity index (χ1v) is 12.2. The van der Waals surface area contributed by atoms with Gasteiger partial charge in [0.15, 0.2) is 0 Å². The Kier molecular flexibility index (Phi) is 7.45. The second-order valence-corrected chi connectivity index (χ2v) is 9.37. The summed E-state index contributed by atoms with van der Waals surface area (Å²) < 4.78 is 0. The lowest BCUT2D eigenvalue weighted by Gasteiger charge is -2.16. The van der Waals surface area contributed by atoms with Crippen molar-refractivity contribution in [3.63, 3.8) is 0 Å². The number of para-hydroxylation sites is 1. The average molecular weight is 474 g/mol. The summed E-state index contributed by atoms with van der Waals surface area (Å²) in [6.45, 7) is 1.77. The second-order valence-electron chi connectivity index (χ2n) is 8.26. The first-order chi connectivity index (χ1) is 16.5. The number of urea groups is 1. The minimum Gasteiger partial charge on any atom is -0.374 e. The largest absolute Gasteiger partial charge is 0.374 e. The van der Waals surface area contributed by atoms with Gasteiger partial charge in [-0.2, -0.15) is 5.26 Å². The molecule has 0 spiro atoms. The van der Waals surface area contributed by atoms with E-state index in [0.717, 1.165) is 31.2 Å². The second kappa shape index (κ2) is 10.9. The Morgan fingerprint density at radius 3 is 2.41 bits per heavy atom. The first kappa shape index (κ1) is 23.3. The molecule has 0 saturated heterocycles. The van der Waals surface area contributed by atoms with E-state index in [1.807, 2.05) is 24.3 Å². The van der Waals surface area contributed by atoms with Gasteiger partial charge in [0.25, 0.3) is 0 Å². The Hall–Kier alpha value is -3.83. The van der Waals surface area contributed by atoms with Gasteiger partial charge in [-0.3, -0.25) is 4.79 Å². The number of anilines is 4. The van der Waals surface area contributed by atoms with E-state index in [4.69, 9.17) is 0 Å². The summed E-state index contributed by atoms with van der Waals surface area (Å²) in [4.78, 5) is 26.4. The molecule has 1 atom stereocenters. The smallest absolute Gasteiger partial charge is 0.323 e. The molecule has 4 N–H and O–H groups in total. The summed E-state index contributed by atoms with van der Waals surface area (Å²) in [5.41, 5.74) is 3.70. The summed E-state index contributed by atoms with van der Waals surface area (Å²) in [7, 11) is 0. The predicted octanol–water partition coefficient (Wildman–Crippen LogP) is 5.97. The molecule has 4 rings (SSSR count). The van der Waals surface area contributed by atoms with Crippen LogP contribution in [0.3, 0.4) is 0 Å². The maximum absolute atomic E-state index is 12.9. The fraction of sp³-hybridized carbons (Fsp3) is 0.269. The number of fused-ring (bicyclic) bond motifs is 1. The van der Waals surface area contributed by atoms with Crippen molar-refractivity contribution in [2.75, 3.05) is 21.3 Å². The molecule has 8 heteroatoms. The molecule has 3 aromatic rings. The normalized spacial score (nSPS) is 13.5. The number of carbonyl (C=O) groups excluding carboxylic acids is 2. The van der Waals surface area contributed by atoms with Crippen LogP contribution in [0.4, 0.5) is 26.9 Å². The third-order valence-corrected chi connectivity index (χ3v) is 6.91. The number of aryl methyl sites for hydroxylation is 1. The van der Waals surface area contributed by atoms with Crippen LogP contribution in [0.5, 0.6) is 0 Å². The highest BCUT2D eigenvalue weighted by Crippen LogP contribution is 2.37. The molecule has 0 aliphatic heterocycles. The van der Waals surface area contributed by atoms with Gasteiger partial charge < -0.3 is 21.3 Å². The number of hydrogen-bond donors (Lipinski definition) is 4. The fourth-order valence-electron chi connectivity index (χ4n) is 3.99. The molecule has 174 valence electrons. The van der Waals surface area contributed by atoms with Gasteiger partial charge in [-0.1, -0.05) is 30.7 Å². The number of hydrogen-bond acceptors (Lipinski definition) is 5. The molecule has 1 aliphatic carbocycles. The van der Waals surface area contributed by atoms with E-state index in [-0.39, 0.29) is 11.9 Å². The van der Waals surface area contributed by atoms with Crippen molar-refractivity contribution < 1.29 is 9.59 Å². The van der Waals surface area contributed by atoms with Crippen LogP contribution in [0.15, 0.2) is 54.6 Å². The van der Waals surface area contributed by atoms with Crippen molar-refractivity contribution in [1.29, 1.82) is 5.26 Å². The van der Waals surface area contributed by atoms with Crippen LogP contribution in [-0.2, 0) is 17.6 Å². The molecular weight excluding hydrogens is 446 g/mol. The molecule has 7 nitrogen and oxygen atoms in total. The van der Waals surface area contributed by atoms with Crippen molar-refractivity contribution in [3.05, 3.63) is 70.6 Å². The molecule has 1 aromatic heterocycles. The lowest BCUT2D eigenvalue weighted by atomic mass is 10.1. The summed E-state index contributed by atoms with van der Waals surface area (Å²) >= 11 is 1.53. The van der Waals surface area contributed by atoms with Crippen LogP contribution in [0, 0.1) is 11.3 Å². The number of nitrogens with zero attached hydrogens (tertiary/aromatic N) is 1. The summed E-state index contributed by atoms with van der Waals surface area (Å²) in [5.74, 6) is -0.215. The lowest BCUT2D eigenvalue weighted by molar-refractivity contribution is -0.116. The van der Waals surface area contributed by atoms with E-state index in [0.29, 0.717) is 27.6 Å². The van der Waals surface area contributed by atoms with E-state index in [2.05, 4.69) is 27.3 Å². The lowest BCUT2D eigenvalue weighted by Crippen LogP contribution is -2.31. The average Bonchev–Trinajstić information content (AvgIpc) is 2.98. The zero-order valence-electron chi connectivity index (χ0n) is 19.0. The van der Waals surface area contributed by atoms with Gasteiger partial charge in [0, 0.05) is 21.9 Å². The number of nitrogens with one attached hydrogen (secondary N) is 4. The molecule has 34 heavy (non-hydrogen) atoms. The number of carbonyl (C=O) groups is 2. The molecule has 3 amide bonds. The SMILES string of the molecule is CC(Nc1cccc(NC(=O)Nc2ccccc2)c1)C(=O)Nc1sc2c(c1C#N)CCCCC2. The number of amides is 3. The fourth-order valence-corrected chi connectivity index (χ4v) is 5.23. The molecule has 0 saturated carbocycles. The minimum absolute atomic E-state index is 0.215. The van der Waals surface area contributed by atoms with Gasteiger partial charge >= 0.3 is 6.03 Å². The third kappa shape index (κ3) is 5.74. The van der Waals surface area contributed by atoms with Crippen molar-refractivity contribution in [3.8, 4) is 6.07 Å². The molecule has 2 aromatic carbocycles. The molecule has 0 fully saturated rings.